The van der Waals surface area contributed by atoms with E-state index in [1.807, 2.05) is 0 Å². The normalized spacial score (nSPS) is 13.7. The fourth-order valence-corrected chi connectivity index (χ4v) is 2.11. The second kappa shape index (κ2) is 5.69. The number of hydrazine groups is 1. The van der Waals surface area contributed by atoms with Crippen LogP contribution in [0, 0.1) is 0 Å². The second-order valence-corrected chi connectivity index (χ2v) is 5.51. The van der Waals surface area contributed by atoms with Crippen LogP contribution in [-0.2, 0) is 9.59 Å². The summed E-state index contributed by atoms with van der Waals surface area (Å²) in [5.74, 6) is -2.22. The monoisotopic (exact) mass is 320 g/mol. The molecular weight excluding hydrogens is 308 g/mol. The number of carbonyl (C=O) groups is 3. The molecule has 114 valence electrons. The molecule has 0 radical (unpaired) electrons. The van der Waals surface area contributed by atoms with Crippen LogP contribution in [0.1, 0.15) is 23.3 Å². The van der Waals surface area contributed by atoms with Gasteiger partial charge in [0.15, 0.2) is 0 Å². The fraction of sp³-hybridized carbons (Fsp3) is 0.214. The number of amides is 3. The number of carbonyl (C=O) groups excluding carboxylic acids is 3. The number of aromatic amines is 1. The number of rotatable bonds is 2. The molecule has 2 aromatic rings. The number of halogens is 1. The molecule has 1 heterocycles. The lowest BCUT2D eigenvalue weighted by Gasteiger charge is -2.06. The van der Waals surface area contributed by atoms with Crippen LogP contribution in [0.2, 0.25) is 5.02 Å². The Morgan fingerprint density at radius 3 is 2.59 bits per heavy atom. The Morgan fingerprint density at radius 1 is 1.09 bits per heavy atom. The van der Waals surface area contributed by atoms with Crippen molar-refractivity contribution in [2.45, 2.75) is 18.9 Å². The maximum Gasteiger partial charge on any atom is 0.327 e. The van der Waals surface area contributed by atoms with Crippen LogP contribution in [0.3, 0.4) is 0 Å². The third-order valence-corrected chi connectivity index (χ3v) is 3.47. The van der Waals surface area contributed by atoms with E-state index in [1.165, 1.54) is 0 Å². The highest BCUT2D eigenvalue weighted by Gasteiger charge is 2.26. The van der Waals surface area contributed by atoms with Crippen molar-refractivity contribution in [3.8, 4) is 0 Å². The first kappa shape index (κ1) is 14.4. The molecule has 0 aliphatic heterocycles. The zero-order chi connectivity index (χ0) is 15.7. The van der Waals surface area contributed by atoms with Crippen molar-refractivity contribution in [1.82, 2.24) is 21.2 Å². The lowest BCUT2D eigenvalue weighted by molar-refractivity contribution is -0.139. The molecule has 7 nitrogen and oxygen atoms in total. The van der Waals surface area contributed by atoms with Gasteiger partial charge in [0.1, 0.15) is 5.69 Å². The Morgan fingerprint density at radius 2 is 1.86 bits per heavy atom. The molecule has 3 amide bonds. The smallest absolute Gasteiger partial charge is 0.327 e. The van der Waals surface area contributed by atoms with Crippen molar-refractivity contribution in [3.05, 3.63) is 35.0 Å². The van der Waals surface area contributed by atoms with Gasteiger partial charge in [0.2, 0.25) is 0 Å². The van der Waals surface area contributed by atoms with E-state index in [4.69, 9.17) is 11.6 Å². The van der Waals surface area contributed by atoms with Gasteiger partial charge in [-0.25, -0.2) is 0 Å². The minimum atomic E-state index is -0.903. The molecule has 0 saturated heterocycles. The molecule has 0 atom stereocenters. The van der Waals surface area contributed by atoms with Crippen LogP contribution in [0.25, 0.3) is 10.9 Å². The van der Waals surface area contributed by atoms with Crippen molar-refractivity contribution in [1.29, 1.82) is 0 Å². The number of fused-ring (bicyclic) bond motifs is 1. The molecule has 1 aliphatic carbocycles. The number of hydrogen-bond acceptors (Lipinski definition) is 3. The Kier molecular flexibility index (Phi) is 3.72. The lowest BCUT2D eigenvalue weighted by atomic mass is 10.2. The summed E-state index contributed by atoms with van der Waals surface area (Å²) in [5, 5.41) is 3.88. The Bertz CT molecular complexity index is 767. The molecule has 1 saturated carbocycles. The summed E-state index contributed by atoms with van der Waals surface area (Å²) in [7, 11) is 0. The van der Waals surface area contributed by atoms with Gasteiger partial charge in [-0.05, 0) is 31.0 Å². The molecule has 0 bridgehead atoms. The highest BCUT2D eigenvalue weighted by molar-refractivity contribution is 6.35. The first-order chi connectivity index (χ1) is 10.5. The molecule has 1 fully saturated rings. The number of H-pyrrole nitrogens is 1. The van der Waals surface area contributed by atoms with Crippen LogP contribution in [0.4, 0.5) is 0 Å². The summed E-state index contributed by atoms with van der Waals surface area (Å²) >= 11 is 5.87. The van der Waals surface area contributed by atoms with Crippen LogP contribution >= 0.6 is 11.6 Å². The van der Waals surface area contributed by atoms with Gasteiger partial charge in [0, 0.05) is 22.0 Å². The first-order valence-corrected chi connectivity index (χ1v) is 7.10. The largest absolute Gasteiger partial charge is 0.350 e. The molecule has 0 unspecified atom stereocenters. The molecule has 4 N–H and O–H groups in total. The van der Waals surface area contributed by atoms with Crippen molar-refractivity contribution >= 4 is 40.2 Å². The fourth-order valence-electron chi connectivity index (χ4n) is 1.94. The summed E-state index contributed by atoms with van der Waals surface area (Å²) in [6.07, 6.45) is 1.76. The van der Waals surface area contributed by atoms with Crippen LogP contribution in [0.15, 0.2) is 24.3 Å². The molecule has 0 spiro atoms. The highest BCUT2D eigenvalue weighted by atomic mass is 35.5. The van der Waals surface area contributed by atoms with E-state index in [2.05, 4.69) is 21.2 Å². The minimum Gasteiger partial charge on any atom is -0.350 e. The van der Waals surface area contributed by atoms with E-state index in [0.29, 0.717) is 10.5 Å². The number of benzene rings is 1. The summed E-state index contributed by atoms with van der Waals surface area (Å²) in [6, 6.07) is 6.87. The maximum absolute atomic E-state index is 11.9. The van der Waals surface area contributed by atoms with E-state index < -0.39 is 17.7 Å². The Hall–Kier alpha value is -2.54. The Balaban J connectivity index is 1.60. The first-order valence-electron chi connectivity index (χ1n) is 6.72. The lowest BCUT2D eigenvalue weighted by Crippen LogP contribution is -2.49. The molecular formula is C14H13ClN4O3. The van der Waals surface area contributed by atoms with E-state index >= 15 is 0 Å². The van der Waals surface area contributed by atoms with Gasteiger partial charge in [-0.3, -0.25) is 25.2 Å². The molecule has 1 aromatic carbocycles. The summed E-state index contributed by atoms with van der Waals surface area (Å²) in [6.45, 7) is 0. The average Bonchev–Trinajstić information content (AvgIpc) is 3.20. The number of aromatic nitrogens is 1. The third-order valence-electron chi connectivity index (χ3n) is 3.24. The second-order valence-electron chi connectivity index (χ2n) is 5.07. The number of nitrogens with one attached hydrogen (secondary N) is 4. The molecule has 8 heteroatoms. The topological polar surface area (TPSA) is 103 Å². The van der Waals surface area contributed by atoms with Gasteiger partial charge in [-0.2, -0.15) is 0 Å². The van der Waals surface area contributed by atoms with Crippen LogP contribution in [-0.4, -0.2) is 28.7 Å². The number of hydrogen-bond donors (Lipinski definition) is 4. The van der Waals surface area contributed by atoms with Gasteiger partial charge < -0.3 is 10.3 Å². The van der Waals surface area contributed by atoms with Crippen molar-refractivity contribution < 1.29 is 14.4 Å². The van der Waals surface area contributed by atoms with Crippen molar-refractivity contribution in [2.24, 2.45) is 0 Å². The highest BCUT2D eigenvalue weighted by Crippen LogP contribution is 2.20. The average molecular weight is 321 g/mol. The third kappa shape index (κ3) is 3.20. The standard InChI is InChI=1S/C14H13ClN4O3/c15-8-2-1-7-5-11(17-10(7)6-8)12(20)18-19-14(22)13(21)16-9-3-4-9/h1-2,5-6,9,17H,3-4H2,(H,16,21)(H,18,20)(H,19,22). The molecule has 1 aromatic heterocycles. The summed E-state index contributed by atoms with van der Waals surface area (Å²) in [4.78, 5) is 37.7. The van der Waals surface area contributed by atoms with Crippen molar-refractivity contribution in [2.75, 3.05) is 0 Å². The van der Waals surface area contributed by atoms with Crippen molar-refractivity contribution in [3.63, 3.8) is 0 Å². The predicted molar refractivity (Wildman–Crippen MR) is 80.1 cm³/mol. The van der Waals surface area contributed by atoms with E-state index in [-0.39, 0.29) is 11.7 Å². The van der Waals surface area contributed by atoms with Crippen LogP contribution < -0.4 is 16.2 Å². The zero-order valence-corrected chi connectivity index (χ0v) is 12.2. The summed E-state index contributed by atoms with van der Waals surface area (Å²) in [5.41, 5.74) is 5.21. The zero-order valence-electron chi connectivity index (χ0n) is 11.4. The van der Waals surface area contributed by atoms with Gasteiger partial charge in [0.25, 0.3) is 5.91 Å². The van der Waals surface area contributed by atoms with E-state index in [9.17, 15) is 14.4 Å². The SMILES string of the molecule is O=C(NNC(=O)c1cc2ccc(Cl)cc2[nH]1)C(=O)NC1CC1. The molecule has 1 aliphatic rings. The van der Waals surface area contributed by atoms with Gasteiger partial charge in [0.05, 0.1) is 0 Å². The maximum atomic E-state index is 11.9. The van der Waals surface area contributed by atoms with E-state index in [1.54, 1.807) is 24.3 Å². The van der Waals surface area contributed by atoms with Crippen LogP contribution in [0.5, 0.6) is 0 Å². The summed E-state index contributed by atoms with van der Waals surface area (Å²) < 4.78 is 0. The quantitative estimate of drug-likeness (QED) is 0.487. The molecule has 3 rings (SSSR count). The van der Waals surface area contributed by atoms with Gasteiger partial charge >= 0.3 is 11.8 Å². The van der Waals surface area contributed by atoms with Gasteiger partial charge in [-0.1, -0.05) is 17.7 Å². The predicted octanol–water partition coefficient (Wildman–Crippen LogP) is 0.861. The van der Waals surface area contributed by atoms with E-state index in [0.717, 1.165) is 18.2 Å². The Labute approximate surface area is 130 Å². The minimum absolute atomic E-state index is 0.0763. The molecule has 22 heavy (non-hydrogen) atoms. The van der Waals surface area contributed by atoms with Gasteiger partial charge in [-0.15, -0.1) is 0 Å².